The first-order chi connectivity index (χ1) is 12.0. The average Bonchev–Trinajstić information content (AvgIpc) is 2.62. The van der Waals surface area contributed by atoms with Gasteiger partial charge in [-0.05, 0) is 42.8 Å². The van der Waals surface area contributed by atoms with Gasteiger partial charge in [0.15, 0.2) is 4.77 Å². The van der Waals surface area contributed by atoms with E-state index in [1.807, 2.05) is 36.4 Å². The summed E-state index contributed by atoms with van der Waals surface area (Å²) in [6.07, 6.45) is 1.75. The van der Waals surface area contributed by atoms with E-state index in [0.717, 1.165) is 35.3 Å². The van der Waals surface area contributed by atoms with Gasteiger partial charge in [-0.25, -0.2) is 0 Å². The molecule has 3 aromatic rings. The lowest BCUT2D eigenvalue weighted by atomic mass is 9.69. The zero-order chi connectivity index (χ0) is 17.6. The number of hydrogen-bond donors (Lipinski definition) is 1. The lowest BCUT2D eigenvalue weighted by molar-refractivity contribution is 0.438. The van der Waals surface area contributed by atoms with E-state index in [2.05, 4.69) is 37.0 Å². The second kappa shape index (κ2) is 5.81. The molecule has 4 rings (SSSR count). The van der Waals surface area contributed by atoms with Crippen LogP contribution in [0.3, 0.4) is 0 Å². The molecule has 1 N–H and O–H groups in total. The van der Waals surface area contributed by atoms with Crippen molar-refractivity contribution < 1.29 is 0 Å². The number of fused-ring (bicyclic) bond motifs is 3. The van der Waals surface area contributed by atoms with E-state index in [4.69, 9.17) is 12.2 Å². The van der Waals surface area contributed by atoms with Gasteiger partial charge in [0.25, 0.3) is 5.56 Å². The Labute approximate surface area is 152 Å². The number of aromatic amines is 1. The predicted octanol–water partition coefficient (Wildman–Crippen LogP) is 4.79. The molecule has 0 bridgehead atoms. The summed E-state index contributed by atoms with van der Waals surface area (Å²) in [6, 6.07) is 17.9. The Morgan fingerprint density at radius 2 is 1.80 bits per heavy atom. The molecule has 0 spiro atoms. The molecule has 1 atom stereocenters. The van der Waals surface area contributed by atoms with Crippen LogP contribution in [-0.4, -0.2) is 9.55 Å². The van der Waals surface area contributed by atoms with Gasteiger partial charge in [0.05, 0.1) is 11.4 Å². The van der Waals surface area contributed by atoms with Crippen molar-refractivity contribution in [1.82, 2.24) is 9.55 Å². The molecule has 0 amide bonds. The van der Waals surface area contributed by atoms with E-state index < -0.39 is 0 Å². The number of aromatic nitrogens is 2. The van der Waals surface area contributed by atoms with E-state index in [1.54, 1.807) is 4.57 Å². The van der Waals surface area contributed by atoms with E-state index >= 15 is 0 Å². The molecular weight excluding hydrogens is 328 g/mol. The fourth-order valence-electron chi connectivity index (χ4n) is 3.84. The largest absolute Gasteiger partial charge is 0.331 e. The van der Waals surface area contributed by atoms with Gasteiger partial charge >= 0.3 is 0 Å². The Morgan fingerprint density at radius 3 is 2.52 bits per heavy atom. The van der Waals surface area contributed by atoms with Gasteiger partial charge in [0.1, 0.15) is 0 Å². The standard InChI is InChI=1S/C21H20N2OS/c1-3-21(2)13-14-9-7-8-12-16(14)18-17(21)19(24)23(20(25)22-18)15-10-5-4-6-11-15/h4-12H,3,13H2,1-2H3,(H,22,25)/t21-/m0/s1. The number of para-hydroxylation sites is 1. The maximum absolute atomic E-state index is 13.5. The Bertz CT molecular complexity index is 1070. The highest BCUT2D eigenvalue weighted by molar-refractivity contribution is 7.71. The molecular formula is C21H20N2OS. The van der Waals surface area contributed by atoms with Crippen molar-refractivity contribution in [3.8, 4) is 16.9 Å². The molecule has 0 saturated carbocycles. The molecule has 0 radical (unpaired) electrons. The van der Waals surface area contributed by atoms with E-state index in [0.29, 0.717) is 4.77 Å². The van der Waals surface area contributed by atoms with Gasteiger partial charge in [-0.2, -0.15) is 0 Å². The predicted molar refractivity (Wildman–Crippen MR) is 104 cm³/mol. The molecule has 1 heterocycles. The molecule has 1 aromatic heterocycles. The van der Waals surface area contributed by atoms with Crippen molar-refractivity contribution >= 4 is 12.2 Å². The fraction of sp³-hybridized carbons (Fsp3) is 0.238. The summed E-state index contributed by atoms with van der Waals surface area (Å²) in [5.74, 6) is 0. The summed E-state index contributed by atoms with van der Waals surface area (Å²) < 4.78 is 2.06. The van der Waals surface area contributed by atoms with Gasteiger partial charge in [0.2, 0.25) is 0 Å². The maximum Gasteiger partial charge on any atom is 0.263 e. The quantitative estimate of drug-likeness (QED) is 0.676. The molecule has 0 aliphatic heterocycles. The Kier molecular flexibility index (Phi) is 3.73. The average molecular weight is 348 g/mol. The summed E-state index contributed by atoms with van der Waals surface area (Å²) in [6.45, 7) is 4.32. The number of rotatable bonds is 2. The van der Waals surface area contributed by atoms with Crippen LogP contribution in [0, 0.1) is 4.77 Å². The van der Waals surface area contributed by atoms with Crippen LogP contribution in [0.4, 0.5) is 0 Å². The summed E-state index contributed by atoms with van der Waals surface area (Å²) >= 11 is 5.55. The fourth-order valence-corrected chi connectivity index (χ4v) is 4.13. The Balaban J connectivity index is 2.11. The first kappa shape index (κ1) is 16.0. The third-order valence-corrected chi connectivity index (χ3v) is 5.65. The van der Waals surface area contributed by atoms with Crippen LogP contribution in [0.1, 0.15) is 31.4 Å². The summed E-state index contributed by atoms with van der Waals surface area (Å²) in [7, 11) is 0. The first-order valence-electron chi connectivity index (χ1n) is 8.58. The maximum atomic E-state index is 13.5. The van der Waals surface area contributed by atoms with Gasteiger partial charge in [-0.15, -0.1) is 0 Å². The molecule has 0 saturated heterocycles. The van der Waals surface area contributed by atoms with Crippen LogP contribution < -0.4 is 5.56 Å². The van der Waals surface area contributed by atoms with Crippen molar-refractivity contribution in [2.45, 2.75) is 32.1 Å². The van der Waals surface area contributed by atoms with Crippen LogP contribution in [0.25, 0.3) is 16.9 Å². The van der Waals surface area contributed by atoms with Crippen LogP contribution in [0.15, 0.2) is 59.4 Å². The second-order valence-electron chi connectivity index (χ2n) is 6.90. The summed E-state index contributed by atoms with van der Waals surface area (Å²) in [4.78, 5) is 16.9. The molecule has 3 nitrogen and oxygen atoms in total. The van der Waals surface area contributed by atoms with Crippen LogP contribution in [0.5, 0.6) is 0 Å². The van der Waals surface area contributed by atoms with Crippen LogP contribution >= 0.6 is 12.2 Å². The van der Waals surface area contributed by atoms with E-state index in [-0.39, 0.29) is 11.0 Å². The minimum absolute atomic E-state index is 0.0104. The zero-order valence-corrected chi connectivity index (χ0v) is 15.2. The minimum atomic E-state index is -0.211. The Morgan fingerprint density at radius 1 is 1.12 bits per heavy atom. The Hall–Kier alpha value is -2.46. The van der Waals surface area contributed by atoms with Crippen LogP contribution in [-0.2, 0) is 11.8 Å². The van der Waals surface area contributed by atoms with Crippen molar-refractivity contribution in [3.05, 3.63) is 80.8 Å². The van der Waals surface area contributed by atoms with Crippen LogP contribution in [0.2, 0.25) is 0 Å². The van der Waals surface area contributed by atoms with Crippen molar-refractivity contribution in [2.24, 2.45) is 0 Å². The highest BCUT2D eigenvalue weighted by Crippen LogP contribution is 2.42. The molecule has 0 fully saturated rings. The SMILES string of the molecule is CC[C@@]1(C)Cc2ccccc2-c2[nH]c(=S)n(-c3ccccc3)c(=O)c21. The topological polar surface area (TPSA) is 37.8 Å². The lowest BCUT2D eigenvalue weighted by Crippen LogP contribution is -2.39. The van der Waals surface area contributed by atoms with Gasteiger partial charge in [-0.3, -0.25) is 9.36 Å². The third-order valence-electron chi connectivity index (χ3n) is 5.37. The van der Waals surface area contributed by atoms with Gasteiger partial charge in [-0.1, -0.05) is 56.3 Å². The minimum Gasteiger partial charge on any atom is -0.331 e. The van der Waals surface area contributed by atoms with Crippen molar-refractivity contribution in [1.29, 1.82) is 0 Å². The highest BCUT2D eigenvalue weighted by atomic mass is 32.1. The number of nitrogens with one attached hydrogen (secondary N) is 1. The zero-order valence-electron chi connectivity index (χ0n) is 14.4. The molecule has 4 heteroatoms. The second-order valence-corrected chi connectivity index (χ2v) is 7.29. The number of nitrogens with zero attached hydrogens (tertiary/aromatic N) is 1. The third kappa shape index (κ3) is 2.40. The number of H-pyrrole nitrogens is 1. The molecule has 1 aliphatic carbocycles. The molecule has 1 aliphatic rings. The molecule has 0 unspecified atom stereocenters. The molecule has 126 valence electrons. The highest BCUT2D eigenvalue weighted by Gasteiger charge is 2.37. The normalized spacial score (nSPS) is 18.5. The monoisotopic (exact) mass is 348 g/mol. The number of hydrogen-bond acceptors (Lipinski definition) is 2. The van der Waals surface area contributed by atoms with Gasteiger partial charge < -0.3 is 4.98 Å². The lowest BCUT2D eigenvalue weighted by Gasteiger charge is -2.35. The van der Waals surface area contributed by atoms with E-state index in [9.17, 15) is 4.79 Å². The summed E-state index contributed by atoms with van der Waals surface area (Å²) in [5, 5.41) is 0. The van der Waals surface area contributed by atoms with Crippen molar-refractivity contribution in [3.63, 3.8) is 0 Å². The number of benzene rings is 2. The smallest absolute Gasteiger partial charge is 0.263 e. The van der Waals surface area contributed by atoms with E-state index in [1.165, 1.54) is 5.56 Å². The van der Waals surface area contributed by atoms with Gasteiger partial charge in [0, 0.05) is 16.5 Å². The van der Waals surface area contributed by atoms with Crippen molar-refractivity contribution in [2.75, 3.05) is 0 Å². The molecule has 25 heavy (non-hydrogen) atoms. The summed E-state index contributed by atoms with van der Waals surface area (Å²) in [5.41, 5.74) is 4.66. The molecule has 2 aromatic carbocycles. The first-order valence-corrected chi connectivity index (χ1v) is 8.99.